The second-order valence-electron chi connectivity index (χ2n) is 7.63. The van der Waals surface area contributed by atoms with Gasteiger partial charge in [0.1, 0.15) is 17.8 Å². The Morgan fingerprint density at radius 2 is 1.23 bits per heavy atom. The van der Waals surface area contributed by atoms with Crippen LogP contribution in [0.25, 0.3) is 11.1 Å². The fraction of sp³-hybridized carbons (Fsp3) is 0.0968. The molecule has 3 rings (SSSR count). The molecule has 8 heteroatoms. The van der Waals surface area contributed by atoms with Gasteiger partial charge in [-0.2, -0.15) is 0 Å². The van der Waals surface area contributed by atoms with Gasteiger partial charge in [-0.1, -0.05) is 50.1 Å². The third-order valence-corrected chi connectivity index (χ3v) is 4.99. The lowest BCUT2D eigenvalue weighted by Gasteiger charge is -2.11. The molecule has 0 aliphatic carbocycles. The van der Waals surface area contributed by atoms with Gasteiger partial charge >= 0.3 is 17.9 Å². The van der Waals surface area contributed by atoms with Crippen molar-refractivity contribution in [2.45, 2.75) is 12.8 Å². The molecule has 0 aliphatic rings. The normalized spacial score (nSPS) is 9.56. The largest absolute Gasteiger partial charge is 0.497 e. The number of hydrogen-bond acceptors (Lipinski definition) is 8. The van der Waals surface area contributed by atoms with E-state index in [9.17, 15) is 14.4 Å². The molecule has 0 saturated carbocycles. The predicted molar refractivity (Wildman–Crippen MR) is 147 cm³/mol. The molecule has 0 spiro atoms. The fourth-order valence-corrected chi connectivity index (χ4v) is 3.10. The molecule has 0 fully saturated rings. The zero-order chi connectivity index (χ0) is 28.6. The molecule has 3 aromatic rings. The summed E-state index contributed by atoms with van der Waals surface area (Å²) in [6.07, 6.45) is 4.22. The van der Waals surface area contributed by atoms with Crippen LogP contribution in [0.3, 0.4) is 0 Å². The summed E-state index contributed by atoms with van der Waals surface area (Å²) in [6.45, 7) is 9.80. The third kappa shape index (κ3) is 9.97. The second kappa shape index (κ2) is 15.8. The highest BCUT2D eigenvalue weighted by atomic mass is 16.6. The van der Waals surface area contributed by atoms with Gasteiger partial charge in [0.25, 0.3) is 0 Å². The Balaban J connectivity index is 0.00000124. The van der Waals surface area contributed by atoms with Crippen molar-refractivity contribution < 1.29 is 38.1 Å². The smallest absolute Gasteiger partial charge is 0.335 e. The number of hydrogen-bond donors (Lipinski definition) is 0. The molecule has 200 valence electrons. The lowest BCUT2D eigenvalue weighted by molar-refractivity contribution is -0.134. The molecule has 0 aromatic heterocycles. The van der Waals surface area contributed by atoms with Gasteiger partial charge < -0.3 is 18.9 Å². The summed E-state index contributed by atoms with van der Waals surface area (Å²) >= 11 is 0. The van der Waals surface area contributed by atoms with E-state index in [2.05, 4.69) is 19.7 Å². The van der Waals surface area contributed by atoms with Crippen LogP contribution in [0.2, 0.25) is 0 Å². The quantitative estimate of drug-likeness (QED) is 0.140. The van der Waals surface area contributed by atoms with Gasteiger partial charge in [0.05, 0.1) is 7.11 Å². The van der Waals surface area contributed by atoms with Crippen molar-refractivity contribution in [1.82, 2.24) is 0 Å². The van der Waals surface area contributed by atoms with E-state index in [0.29, 0.717) is 24.0 Å². The predicted octanol–water partition coefficient (Wildman–Crippen LogP) is 5.45. The van der Waals surface area contributed by atoms with Gasteiger partial charge in [0, 0.05) is 18.6 Å². The van der Waals surface area contributed by atoms with Crippen molar-refractivity contribution in [2.24, 2.45) is 0 Å². The number of benzene rings is 3. The number of carbonyl (C=O) groups excluding carboxylic acids is 4. The van der Waals surface area contributed by atoms with Crippen molar-refractivity contribution in [3.05, 3.63) is 110 Å². The van der Waals surface area contributed by atoms with Gasteiger partial charge in [-0.25, -0.2) is 9.59 Å². The van der Waals surface area contributed by atoms with E-state index in [-0.39, 0.29) is 17.9 Å². The molecule has 0 heterocycles. The zero-order valence-corrected chi connectivity index (χ0v) is 21.5. The van der Waals surface area contributed by atoms with Gasteiger partial charge in [-0.05, 0) is 65.6 Å². The molecule has 39 heavy (non-hydrogen) atoms. The molecule has 0 aliphatic heterocycles. The maximum atomic E-state index is 12.4. The maximum absolute atomic E-state index is 12.4. The van der Waals surface area contributed by atoms with E-state index in [0.717, 1.165) is 29.0 Å². The Bertz CT molecular complexity index is 1320. The van der Waals surface area contributed by atoms with Crippen LogP contribution < -0.4 is 18.9 Å². The summed E-state index contributed by atoms with van der Waals surface area (Å²) in [5.74, 6) is -0.546. The molecular weight excluding hydrogens is 500 g/mol. The first-order valence-electron chi connectivity index (χ1n) is 11.7. The Labute approximate surface area is 226 Å². The number of rotatable bonds is 11. The average Bonchev–Trinajstić information content (AvgIpc) is 2.97. The SMILES string of the molecule is C=CC(=O)Oc1ccc(CCC(=O)Oc2ccc(-c3ccc(OC)cc3)cc2)cc1OC(=O)C=C.C=CC=O. The fourth-order valence-electron chi connectivity index (χ4n) is 3.10. The Morgan fingerprint density at radius 1 is 0.718 bits per heavy atom. The van der Waals surface area contributed by atoms with E-state index in [1.807, 2.05) is 36.4 Å². The van der Waals surface area contributed by atoms with Crippen molar-refractivity contribution >= 4 is 24.2 Å². The zero-order valence-electron chi connectivity index (χ0n) is 21.5. The first-order chi connectivity index (χ1) is 18.8. The minimum Gasteiger partial charge on any atom is -0.497 e. The highest BCUT2D eigenvalue weighted by Crippen LogP contribution is 2.30. The Morgan fingerprint density at radius 3 is 1.72 bits per heavy atom. The molecule has 0 amide bonds. The monoisotopic (exact) mass is 528 g/mol. The Kier molecular flexibility index (Phi) is 12.1. The highest BCUT2D eigenvalue weighted by Gasteiger charge is 2.14. The number of methoxy groups -OCH3 is 1. The van der Waals surface area contributed by atoms with Crippen LogP contribution in [0.4, 0.5) is 0 Å². The number of ether oxygens (including phenoxy) is 4. The summed E-state index contributed by atoms with van der Waals surface area (Å²) in [5.41, 5.74) is 2.67. The maximum Gasteiger partial charge on any atom is 0.335 e. The number of carbonyl (C=O) groups is 4. The van der Waals surface area contributed by atoms with E-state index >= 15 is 0 Å². The van der Waals surface area contributed by atoms with Crippen LogP contribution >= 0.6 is 0 Å². The lowest BCUT2D eigenvalue weighted by Crippen LogP contribution is -2.10. The van der Waals surface area contributed by atoms with Crippen molar-refractivity contribution in [3.63, 3.8) is 0 Å². The van der Waals surface area contributed by atoms with Crippen molar-refractivity contribution in [3.8, 4) is 34.1 Å². The summed E-state index contributed by atoms with van der Waals surface area (Å²) in [4.78, 5) is 44.6. The van der Waals surface area contributed by atoms with Crippen LogP contribution in [0.15, 0.2) is 105 Å². The second-order valence-corrected chi connectivity index (χ2v) is 7.63. The minimum atomic E-state index is -0.712. The summed E-state index contributed by atoms with van der Waals surface area (Å²) in [5, 5.41) is 0. The Hall–Kier alpha value is -5.24. The van der Waals surface area contributed by atoms with Crippen LogP contribution in [0.1, 0.15) is 12.0 Å². The molecule has 0 radical (unpaired) electrons. The van der Waals surface area contributed by atoms with Crippen LogP contribution in [-0.2, 0) is 25.6 Å². The third-order valence-electron chi connectivity index (χ3n) is 4.99. The molecule has 0 saturated heterocycles. The highest BCUT2D eigenvalue weighted by molar-refractivity contribution is 5.86. The van der Waals surface area contributed by atoms with E-state index in [1.165, 1.54) is 18.2 Å². The molecule has 0 unspecified atom stereocenters. The van der Waals surface area contributed by atoms with Crippen LogP contribution in [-0.4, -0.2) is 31.3 Å². The number of aryl methyl sites for hydroxylation is 1. The van der Waals surface area contributed by atoms with E-state index in [1.54, 1.807) is 25.3 Å². The number of aldehydes is 1. The molecule has 8 nitrogen and oxygen atoms in total. The van der Waals surface area contributed by atoms with Crippen molar-refractivity contribution in [1.29, 1.82) is 0 Å². The number of allylic oxidation sites excluding steroid dienone is 1. The molecule has 0 N–H and O–H groups in total. The minimum absolute atomic E-state index is 0.0325. The molecule has 0 atom stereocenters. The molecular formula is C31H28O8. The molecule has 3 aromatic carbocycles. The van der Waals surface area contributed by atoms with Crippen molar-refractivity contribution in [2.75, 3.05) is 7.11 Å². The van der Waals surface area contributed by atoms with Gasteiger partial charge in [0.15, 0.2) is 11.5 Å². The molecule has 0 bridgehead atoms. The van der Waals surface area contributed by atoms with E-state index in [4.69, 9.17) is 23.7 Å². The standard InChI is InChI=1S/C28H24O7.C3H4O/c1-4-26(29)34-24-16-6-19(18-25(24)35-27(30)5-2)7-17-28(31)33-23-14-10-21(11-15-23)20-8-12-22(32-3)13-9-20;1-2-3-4/h4-6,8-16,18H,1-2,7,17H2,3H3;2-3H,1H2. The van der Waals surface area contributed by atoms with Crippen LogP contribution in [0, 0.1) is 0 Å². The van der Waals surface area contributed by atoms with Crippen LogP contribution in [0.5, 0.6) is 23.0 Å². The van der Waals surface area contributed by atoms with Gasteiger partial charge in [-0.3, -0.25) is 9.59 Å². The first kappa shape index (κ1) is 30.0. The van der Waals surface area contributed by atoms with Gasteiger partial charge in [-0.15, -0.1) is 0 Å². The summed E-state index contributed by atoms with van der Waals surface area (Å²) in [6, 6.07) is 19.5. The summed E-state index contributed by atoms with van der Waals surface area (Å²) < 4.78 is 20.8. The topological polar surface area (TPSA) is 105 Å². The number of esters is 3. The summed E-state index contributed by atoms with van der Waals surface area (Å²) in [7, 11) is 1.62. The first-order valence-corrected chi connectivity index (χ1v) is 11.7. The lowest BCUT2D eigenvalue weighted by atomic mass is 10.1. The average molecular weight is 529 g/mol. The van der Waals surface area contributed by atoms with Gasteiger partial charge in [0.2, 0.25) is 0 Å². The van der Waals surface area contributed by atoms with E-state index < -0.39 is 17.9 Å².